The van der Waals surface area contributed by atoms with E-state index >= 15 is 0 Å². The summed E-state index contributed by atoms with van der Waals surface area (Å²) in [5, 5.41) is 30.9. The van der Waals surface area contributed by atoms with Gasteiger partial charge in [-0.05, 0) is 63.8 Å². The summed E-state index contributed by atoms with van der Waals surface area (Å²) in [6, 6.07) is 10.2. The summed E-state index contributed by atoms with van der Waals surface area (Å²) >= 11 is 1.60. The lowest BCUT2D eigenvalue weighted by atomic mass is 9.86. The molecule has 0 bridgehead atoms. The molecule has 11 heteroatoms. The second-order valence-electron chi connectivity index (χ2n) is 9.46. The van der Waals surface area contributed by atoms with E-state index in [1.165, 1.54) is 7.11 Å². The molecule has 190 valence electrons. The fraction of sp³-hybridized carbons (Fsp3) is 0.385. The van der Waals surface area contributed by atoms with Gasteiger partial charge in [-0.25, -0.2) is 9.31 Å². The zero-order valence-corrected chi connectivity index (χ0v) is 21.7. The number of methoxy groups -OCH3 is 1. The van der Waals surface area contributed by atoms with Crippen molar-refractivity contribution in [1.29, 1.82) is 5.26 Å². The van der Waals surface area contributed by atoms with Crippen LogP contribution in [0.1, 0.15) is 56.0 Å². The van der Waals surface area contributed by atoms with E-state index in [1.54, 1.807) is 28.1 Å². The van der Waals surface area contributed by atoms with Crippen molar-refractivity contribution in [3.05, 3.63) is 47.2 Å². The molecule has 0 unspecified atom stereocenters. The van der Waals surface area contributed by atoms with Crippen molar-refractivity contribution in [2.75, 3.05) is 12.4 Å². The Morgan fingerprint density at radius 1 is 1.19 bits per heavy atom. The topological polar surface area (TPSA) is 130 Å². The van der Waals surface area contributed by atoms with Crippen LogP contribution in [0.3, 0.4) is 0 Å². The van der Waals surface area contributed by atoms with E-state index in [4.69, 9.17) is 15.0 Å². The van der Waals surface area contributed by atoms with Crippen molar-refractivity contribution in [3.8, 4) is 28.0 Å². The summed E-state index contributed by atoms with van der Waals surface area (Å²) in [5.74, 6) is 0.326. The Morgan fingerprint density at radius 3 is 2.73 bits per heavy atom. The Labute approximate surface area is 218 Å². The zero-order valence-electron chi connectivity index (χ0n) is 20.9. The molecular formula is C26H28N8O2S. The molecule has 1 amide bonds. The summed E-state index contributed by atoms with van der Waals surface area (Å²) in [6.07, 6.45) is 6.68. The number of nitrogens with zero attached hydrogens (tertiary/aromatic N) is 6. The molecule has 1 aliphatic carbocycles. The van der Waals surface area contributed by atoms with E-state index in [2.05, 4.69) is 45.8 Å². The minimum atomic E-state index is -0.376. The third-order valence-corrected chi connectivity index (χ3v) is 7.61. The lowest BCUT2D eigenvalue weighted by Gasteiger charge is -2.27. The molecule has 0 radical (unpaired) electrons. The summed E-state index contributed by atoms with van der Waals surface area (Å²) in [5.41, 5.74) is 4.80. The van der Waals surface area contributed by atoms with Gasteiger partial charge in [0.25, 0.3) is 0 Å². The Hall–Kier alpha value is -4.04. The van der Waals surface area contributed by atoms with Crippen LogP contribution in [-0.2, 0) is 4.74 Å². The quantitative estimate of drug-likeness (QED) is 0.367. The predicted octanol–water partition coefficient (Wildman–Crippen LogP) is 4.99. The molecular weight excluding hydrogens is 488 g/mol. The number of carbonyl (C=O) groups excluding carboxylic acids is 1. The van der Waals surface area contributed by atoms with Crippen molar-refractivity contribution in [2.24, 2.45) is 0 Å². The number of hydrogen-bond donors (Lipinski definition) is 2. The Bertz CT molecular complexity index is 1460. The second kappa shape index (κ2) is 10.5. The molecule has 0 aliphatic heterocycles. The first-order valence-corrected chi connectivity index (χ1v) is 13.1. The normalized spacial score (nSPS) is 17.5. The molecule has 2 N–H and O–H groups in total. The lowest BCUT2D eigenvalue weighted by molar-refractivity contribution is 0.162. The van der Waals surface area contributed by atoms with Crippen molar-refractivity contribution in [1.82, 2.24) is 30.1 Å². The van der Waals surface area contributed by atoms with Gasteiger partial charge in [0.1, 0.15) is 11.1 Å². The fourth-order valence-corrected chi connectivity index (χ4v) is 5.71. The van der Waals surface area contributed by atoms with Crippen LogP contribution in [0.2, 0.25) is 0 Å². The number of nitrogens with one attached hydrogen (secondary N) is 2. The SMILES string of the molecule is COC(=O)NC1CCC(c2nnc(-c3cnc(-c4ccc5cc(C#N)cnn45)cc3NC(C)C)s2)CC1. The number of ether oxygens (including phenoxy) is 1. The van der Waals surface area contributed by atoms with Crippen LogP contribution in [0.5, 0.6) is 0 Å². The molecule has 37 heavy (non-hydrogen) atoms. The lowest BCUT2D eigenvalue weighted by Crippen LogP contribution is -2.37. The fourth-order valence-electron chi connectivity index (χ4n) is 4.67. The number of anilines is 1. The van der Waals surface area contributed by atoms with Crippen molar-refractivity contribution in [2.45, 2.75) is 57.5 Å². The predicted molar refractivity (Wildman–Crippen MR) is 141 cm³/mol. The highest BCUT2D eigenvalue weighted by Gasteiger charge is 2.27. The van der Waals surface area contributed by atoms with Gasteiger partial charge in [0.15, 0.2) is 5.01 Å². The van der Waals surface area contributed by atoms with Gasteiger partial charge < -0.3 is 15.4 Å². The number of fused-ring (bicyclic) bond motifs is 1. The van der Waals surface area contributed by atoms with Gasteiger partial charge in [0, 0.05) is 29.9 Å². The van der Waals surface area contributed by atoms with Gasteiger partial charge >= 0.3 is 6.09 Å². The Balaban J connectivity index is 1.40. The molecule has 4 aromatic heterocycles. The second-order valence-corrected chi connectivity index (χ2v) is 10.5. The standard InChI is InChI=1S/C26H28N8O2S/c1-15(2)30-21-11-22(23-9-8-19-10-16(12-27)13-29-34(19)23)28-14-20(21)25-33-32-24(37-25)17-4-6-18(7-5-17)31-26(35)36-3/h8-11,13-15,17-18H,4-7H2,1-3H3,(H,28,30)(H,31,35). The van der Waals surface area contributed by atoms with Crippen LogP contribution in [0, 0.1) is 11.3 Å². The van der Waals surface area contributed by atoms with Gasteiger partial charge in [-0.3, -0.25) is 4.98 Å². The summed E-state index contributed by atoms with van der Waals surface area (Å²) < 4.78 is 6.51. The molecule has 10 nitrogen and oxygen atoms in total. The van der Waals surface area contributed by atoms with E-state index in [0.29, 0.717) is 11.5 Å². The van der Waals surface area contributed by atoms with Crippen LogP contribution in [0.25, 0.3) is 27.5 Å². The number of carbonyl (C=O) groups is 1. The maximum absolute atomic E-state index is 11.5. The van der Waals surface area contributed by atoms with Crippen LogP contribution < -0.4 is 10.6 Å². The summed E-state index contributed by atoms with van der Waals surface area (Å²) in [4.78, 5) is 16.3. The number of alkyl carbamates (subject to hydrolysis) is 1. The molecule has 4 aromatic rings. The highest BCUT2D eigenvalue weighted by molar-refractivity contribution is 7.14. The van der Waals surface area contributed by atoms with Crippen LogP contribution in [-0.4, -0.2) is 50.1 Å². The van der Waals surface area contributed by atoms with E-state index in [0.717, 1.165) is 63.9 Å². The number of amides is 1. The first kappa shape index (κ1) is 24.6. The molecule has 1 fully saturated rings. The van der Waals surface area contributed by atoms with E-state index in [1.807, 2.05) is 24.4 Å². The molecule has 0 atom stereocenters. The molecule has 0 aromatic carbocycles. The third-order valence-electron chi connectivity index (χ3n) is 6.49. The highest BCUT2D eigenvalue weighted by atomic mass is 32.1. The van der Waals surface area contributed by atoms with Crippen LogP contribution in [0.4, 0.5) is 10.5 Å². The molecule has 1 saturated carbocycles. The van der Waals surface area contributed by atoms with Crippen molar-refractivity contribution < 1.29 is 9.53 Å². The number of aromatic nitrogens is 5. The minimum absolute atomic E-state index is 0.140. The van der Waals surface area contributed by atoms with Crippen molar-refractivity contribution >= 4 is 28.6 Å². The first-order chi connectivity index (χ1) is 17.9. The van der Waals surface area contributed by atoms with Crippen LogP contribution >= 0.6 is 11.3 Å². The van der Waals surface area contributed by atoms with Crippen molar-refractivity contribution in [3.63, 3.8) is 0 Å². The Morgan fingerprint density at radius 2 is 2.00 bits per heavy atom. The van der Waals surface area contributed by atoms with Gasteiger partial charge in [0.2, 0.25) is 0 Å². The number of pyridine rings is 1. The number of hydrogen-bond acceptors (Lipinski definition) is 9. The average Bonchev–Trinajstić information content (AvgIpc) is 3.56. The largest absolute Gasteiger partial charge is 0.453 e. The zero-order chi connectivity index (χ0) is 25.9. The van der Waals surface area contributed by atoms with E-state index in [9.17, 15) is 4.79 Å². The first-order valence-electron chi connectivity index (χ1n) is 12.3. The number of nitriles is 1. The van der Waals surface area contributed by atoms with Gasteiger partial charge in [-0.15, -0.1) is 10.2 Å². The summed E-state index contributed by atoms with van der Waals surface area (Å²) in [6.45, 7) is 4.18. The molecule has 4 heterocycles. The van der Waals surface area contributed by atoms with E-state index < -0.39 is 0 Å². The maximum atomic E-state index is 11.5. The molecule has 0 spiro atoms. The smallest absolute Gasteiger partial charge is 0.407 e. The molecule has 5 rings (SSSR count). The van der Waals surface area contributed by atoms with E-state index in [-0.39, 0.29) is 18.2 Å². The minimum Gasteiger partial charge on any atom is -0.453 e. The molecule has 0 saturated heterocycles. The highest BCUT2D eigenvalue weighted by Crippen LogP contribution is 2.39. The summed E-state index contributed by atoms with van der Waals surface area (Å²) in [7, 11) is 1.39. The van der Waals surface area contributed by atoms with Gasteiger partial charge in [-0.1, -0.05) is 11.3 Å². The monoisotopic (exact) mass is 516 g/mol. The number of rotatable bonds is 6. The average molecular weight is 517 g/mol. The maximum Gasteiger partial charge on any atom is 0.407 e. The van der Waals surface area contributed by atoms with Gasteiger partial charge in [0.05, 0.1) is 41.3 Å². The van der Waals surface area contributed by atoms with Gasteiger partial charge in [-0.2, -0.15) is 10.4 Å². The third kappa shape index (κ3) is 5.24. The van der Waals surface area contributed by atoms with Crippen LogP contribution in [0.15, 0.2) is 36.7 Å². The Kier molecular flexibility index (Phi) is 7.01. The molecule has 1 aliphatic rings.